The molecule has 17 heavy (non-hydrogen) atoms. The second kappa shape index (κ2) is 5.98. The largest absolute Gasteiger partial charge is 0.396 e. The molecule has 0 saturated carbocycles. The Bertz CT molecular complexity index is 386. The maximum Gasteiger partial charge on any atom is 0.261 e. The molecule has 0 aliphatic rings. The lowest BCUT2D eigenvalue weighted by atomic mass is 9.95. The molecule has 0 fully saturated rings. The zero-order valence-corrected chi connectivity index (χ0v) is 12.7. The van der Waals surface area contributed by atoms with Gasteiger partial charge in [-0.3, -0.25) is 4.79 Å². The van der Waals surface area contributed by atoms with E-state index in [0.29, 0.717) is 11.3 Å². The average molecular weight is 320 g/mol. The van der Waals surface area contributed by atoms with Gasteiger partial charge in [0, 0.05) is 12.1 Å². The smallest absolute Gasteiger partial charge is 0.261 e. The predicted octanol–water partition coefficient (Wildman–Crippen LogP) is 3.10. The molecule has 0 aliphatic heterocycles. The van der Waals surface area contributed by atoms with Crippen molar-refractivity contribution in [2.75, 3.05) is 6.61 Å². The quantitative estimate of drug-likeness (QED) is 0.876. The summed E-state index contributed by atoms with van der Waals surface area (Å²) >= 11 is 4.84. The lowest BCUT2D eigenvalue weighted by molar-refractivity contribution is 0.0890. The Morgan fingerprint density at radius 2 is 2.29 bits per heavy atom. The van der Waals surface area contributed by atoms with Crippen LogP contribution in [0.25, 0.3) is 0 Å². The third-order valence-electron chi connectivity index (χ3n) is 2.94. The molecule has 1 unspecified atom stereocenters. The normalized spacial score (nSPS) is 14.4. The van der Waals surface area contributed by atoms with Gasteiger partial charge in [0.15, 0.2) is 0 Å². The topological polar surface area (TPSA) is 49.3 Å². The Morgan fingerprint density at radius 3 is 2.71 bits per heavy atom. The van der Waals surface area contributed by atoms with E-state index in [9.17, 15) is 4.79 Å². The molecular weight excluding hydrogens is 302 g/mol. The van der Waals surface area contributed by atoms with Crippen LogP contribution in [-0.2, 0) is 0 Å². The fraction of sp³-hybridized carbons (Fsp3) is 0.583. The minimum atomic E-state index is -0.337. The molecule has 0 saturated heterocycles. The maximum absolute atomic E-state index is 12.1. The number of aryl methyl sites for hydroxylation is 1. The zero-order chi connectivity index (χ0) is 13.1. The SMILES string of the molecule is CCC(C)(CCO)NC(=O)c1cc(C)c(Br)s1. The van der Waals surface area contributed by atoms with Gasteiger partial charge in [0.2, 0.25) is 0 Å². The number of thiophene rings is 1. The highest BCUT2D eigenvalue weighted by atomic mass is 79.9. The lowest BCUT2D eigenvalue weighted by Crippen LogP contribution is -2.45. The van der Waals surface area contributed by atoms with Crippen molar-refractivity contribution in [3.8, 4) is 0 Å². The first-order valence-electron chi connectivity index (χ1n) is 5.61. The van der Waals surface area contributed by atoms with Crippen LogP contribution in [0.4, 0.5) is 0 Å². The van der Waals surface area contributed by atoms with Crippen LogP contribution in [0.15, 0.2) is 9.85 Å². The van der Waals surface area contributed by atoms with Crippen LogP contribution in [0, 0.1) is 6.92 Å². The number of halogens is 1. The van der Waals surface area contributed by atoms with E-state index in [2.05, 4.69) is 21.2 Å². The molecule has 3 nitrogen and oxygen atoms in total. The van der Waals surface area contributed by atoms with Crippen LogP contribution in [0.2, 0.25) is 0 Å². The van der Waals surface area contributed by atoms with Crippen molar-refractivity contribution >= 4 is 33.2 Å². The van der Waals surface area contributed by atoms with E-state index in [1.807, 2.05) is 26.8 Å². The number of hydrogen-bond acceptors (Lipinski definition) is 3. The van der Waals surface area contributed by atoms with Crippen molar-refractivity contribution in [3.05, 3.63) is 20.3 Å². The van der Waals surface area contributed by atoms with Gasteiger partial charge in [0.25, 0.3) is 5.91 Å². The molecule has 0 spiro atoms. The van der Waals surface area contributed by atoms with Gasteiger partial charge in [-0.1, -0.05) is 6.92 Å². The van der Waals surface area contributed by atoms with E-state index in [-0.39, 0.29) is 18.1 Å². The summed E-state index contributed by atoms with van der Waals surface area (Å²) in [6, 6.07) is 1.87. The van der Waals surface area contributed by atoms with Crippen molar-refractivity contribution in [2.24, 2.45) is 0 Å². The standard InChI is InChI=1S/C12H18BrNO2S/c1-4-12(3,5-6-15)14-11(16)9-7-8(2)10(13)17-9/h7,15H,4-6H2,1-3H3,(H,14,16). The van der Waals surface area contributed by atoms with E-state index < -0.39 is 0 Å². The Labute approximate surface area is 114 Å². The second-order valence-electron chi connectivity index (χ2n) is 4.41. The number of hydrogen-bond donors (Lipinski definition) is 2. The van der Waals surface area contributed by atoms with Gasteiger partial charge in [0.05, 0.1) is 8.66 Å². The minimum absolute atomic E-state index is 0.0680. The third-order valence-corrected chi connectivity index (χ3v) is 5.08. The van der Waals surface area contributed by atoms with E-state index in [1.165, 1.54) is 11.3 Å². The van der Waals surface area contributed by atoms with E-state index in [0.717, 1.165) is 15.8 Å². The number of aliphatic hydroxyl groups is 1. The van der Waals surface area contributed by atoms with Gasteiger partial charge < -0.3 is 10.4 Å². The maximum atomic E-state index is 12.1. The summed E-state index contributed by atoms with van der Waals surface area (Å²) in [5.74, 6) is -0.0680. The number of carbonyl (C=O) groups excluding carboxylic acids is 1. The van der Waals surface area contributed by atoms with Crippen LogP contribution in [0.5, 0.6) is 0 Å². The van der Waals surface area contributed by atoms with E-state index >= 15 is 0 Å². The van der Waals surface area contributed by atoms with Crippen LogP contribution < -0.4 is 5.32 Å². The molecule has 0 aliphatic carbocycles. The zero-order valence-electron chi connectivity index (χ0n) is 10.3. The van der Waals surface area contributed by atoms with E-state index in [1.54, 1.807) is 0 Å². The first-order chi connectivity index (χ1) is 7.91. The number of amides is 1. The van der Waals surface area contributed by atoms with Crippen LogP contribution in [0.3, 0.4) is 0 Å². The summed E-state index contributed by atoms with van der Waals surface area (Å²) in [7, 11) is 0. The van der Waals surface area contributed by atoms with Gasteiger partial charge in [0.1, 0.15) is 0 Å². The molecular formula is C12H18BrNO2S. The summed E-state index contributed by atoms with van der Waals surface area (Å²) in [5.41, 5.74) is 0.733. The molecule has 0 radical (unpaired) electrons. The van der Waals surface area contributed by atoms with Crippen molar-refractivity contribution in [1.82, 2.24) is 5.32 Å². The summed E-state index contributed by atoms with van der Waals surface area (Å²) < 4.78 is 0.989. The summed E-state index contributed by atoms with van der Waals surface area (Å²) in [6.45, 7) is 6.00. The molecule has 1 atom stereocenters. The van der Waals surface area contributed by atoms with Gasteiger partial charge in [-0.2, -0.15) is 0 Å². The molecule has 1 aromatic heterocycles. The molecule has 1 amide bonds. The minimum Gasteiger partial charge on any atom is -0.396 e. The molecule has 1 heterocycles. The van der Waals surface area contributed by atoms with Crippen LogP contribution in [-0.4, -0.2) is 23.2 Å². The highest BCUT2D eigenvalue weighted by Crippen LogP contribution is 2.28. The Morgan fingerprint density at radius 1 is 1.65 bits per heavy atom. The summed E-state index contributed by atoms with van der Waals surface area (Å²) in [4.78, 5) is 12.8. The van der Waals surface area contributed by atoms with Crippen molar-refractivity contribution in [2.45, 2.75) is 39.2 Å². The number of rotatable bonds is 5. The first kappa shape index (κ1) is 14.7. The molecule has 0 aromatic carbocycles. The fourth-order valence-corrected chi connectivity index (χ4v) is 2.91. The van der Waals surface area contributed by atoms with Gasteiger partial charge in [-0.05, 0) is 54.2 Å². The molecule has 0 bridgehead atoms. The van der Waals surface area contributed by atoms with Gasteiger partial charge >= 0.3 is 0 Å². The Hall–Kier alpha value is -0.390. The number of aliphatic hydroxyl groups excluding tert-OH is 1. The Kier molecular flexibility index (Phi) is 5.16. The van der Waals surface area contributed by atoms with Gasteiger partial charge in [-0.15, -0.1) is 11.3 Å². The highest BCUT2D eigenvalue weighted by molar-refractivity contribution is 9.11. The van der Waals surface area contributed by atoms with Crippen LogP contribution >= 0.6 is 27.3 Å². The molecule has 1 rings (SSSR count). The third kappa shape index (κ3) is 3.79. The van der Waals surface area contributed by atoms with Crippen molar-refractivity contribution in [3.63, 3.8) is 0 Å². The van der Waals surface area contributed by atoms with Crippen molar-refractivity contribution < 1.29 is 9.90 Å². The van der Waals surface area contributed by atoms with Crippen LogP contribution in [0.1, 0.15) is 41.9 Å². The van der Waals surface area contributed by atoms with E-state index in [4.69, 9.17) is 5.11 Å². The second-order valence-corrected chi connectivity index (χ2v) is 6.78. The summed E-state index contributed by atoms with van der Waals surface area (Å²) in [6.07, 6.45) is 1.37. The lowest BCUT2D eigenvalue weighted by Gasteiger charge is -2.28. The monoisotopic (exact) mass is 319 g/mol. The first-order valence-corrected chi connectivity index (χ1v) is 7.22. The average Bonchev–Trinajstić information content (AvgIpc) is 2.60. The Balaban J connectivity index is 2.77. The number of nitrogens with one attached hydrogen (secondary N) is 1. The molecule has 5 heteroatoms. The molecule has 1 aromatic rings. The molecule has 96 valence electrons. The highest BCUT2D eigenvalue weighted by Gasteiger charge is 2.25. The number of carbonyl (C=O) groups is 1. The summed E-state index contributed by atoms with van der Waals surface area (Å²) in [5, 5.41) is 12.0. The van der Waals surface area contributed by atoms with Crippen molar-refractivity contribution in [1.29, 1.82) is 0 Å². The fourth-order valence-electron chi connectivity index (χ4n) is 1.48. The predicted molar refractivity (Wildman–Crippen MR) is 74.6 cm³/mol. The van der Waals surface area contributed by atoms with Gasteiger partial charge in [-0.25, -0.2) is 0 Å². The molecule has 2 N–H and O–H groups in total.